The van der Waals surface area contributed by atoms with Crippen LogP contribution in [-0.2, 0) is 0 Å². The maximum atomic E-state index is 5.47. The smallest absolute Gasteiger partial charge is 0.147 e. The highest BCUT2D eigenvalue weighted by Gasteiger charge is 2.26. The van der Waals surface area contributed by atoms with Gasteiger partial charge >= 0.3 is 0 Å². The van der Waals surface area contributed by atoms with Gasteiger partial charge in [0.15, 0.2) is 0 Å². The molecule has 1 aliphatic rings. The van der Waals surface area contributed by atoms with Crippen LogP contribution in [0, 0.1) is 0 Å². The molecule has 1 atom stereocenters. The standard InChI is InChI=1S/C47H33N3S/c1-49-45(32-16-7-3-8-17-32)46-44(38-22-11-12-23-43(38)51-46)48-47(49)36-19-13-18-33(28-36)35-25-27-42-40(30-35)39-29-34(31-14-5-2-6-15-31)24-26-41(39)50(42)37-20-9-4-10-21-37/h2-30,47H,1H3. The number of fused-ring (bicyclic) bond motifs is 6. The van der Waals surface area contributed by atoms with Gasteiger partial charge in [-0.1, -0.05) is 127 Å². The largest absolute Gasteiger partial charge is 0.347 e. The molecule has 1 aliphatic heterocycles. The van der Waals surface area contributed by atoms with Crippen LogP contribution in [0.5, 0.6) is 0 Å². The SMILES string of the molecule is CN1C(c2ccccc2)=c2sc3ccccc3c2=NC1c1cccc(-c2ccc3c(c2)c2cc(-c4ccccc4)ccc2n3-c2ccccc2)c1. The van der Waals surface area contributed by atoms with E-state index in [4.69, 9.17) is 4.99 Å². The number of thiophene rings is 1. The summed E-state index contributed by atoms with van der Waals surface area (Å²) in [6.07, 6.45) is -0.164. The Balaban J connectivity index is 1.14. The predicted octanol–water partition coefficient (Wildman–Crippen LogP) is 10.8. The van der Waals surface area contributed by atoms with E-state index in [1.165, 1.54) is 75.5 Å². The van der Waals surface area contributed by atoms with E-state index in [2.05, 4.69) is 192 Å². The summed E-state index contributed by atoms with van der Waals surface area (Å²) in [6.45, 7) is 0. The van der Waals surface area contributed by atoms with E-state index in [9.17, 15) is 0 Å². The number of aromatic nitrogens is 1. The molecule has 51 heavy (non-hydrogen) atoms. The van der Waals surface area contributed by atoms with Crippen LogP contribution in [-0.4, -0.2) is 16.5 Å². The Kier molecular flexibility index (Phi) is 6.97. The van der Waals surface area contributed by atoms with E-state index in [0.29, 0.717) is 0 Å². The van der Waals surface area contributed by atoms with Crippen molar-refractivity contribution < 1.29 is 0 Å². The molecule has 0 saturated carbocycles. The van der Waals surface area contributed by atoms with E-state index in [1.807, 2.05) is 11.3 Å². The topological polar surface area (TPSA) is 20.5 Å². The van der Waals surface area contributed by atoms with Gasteiger partial charge in [0.25, 0.3) is 0 Å². The minimum atomic E-state index is -0.164. The molecule has 0 saturated heterocycles. The van der Waals surface area contributed by atoms with Gasteiger partial charge in [0.2, 0.25) is 0 Å². The van der Waals surface area contributed by atoms with Gasteiger partial charge in [-0.25, -0.2) is 0 Å². The normalized spacial score (nSPS) is 14.3. The Morgan fingerprint density at radius 2 is 1.06 bits per heavy atom. The molecular weight excluding hydrogens is 639 g/mol. The Labute approximate surface area is 300 Å². The average molecular weight is 672 g/mol. The molecule has 0 spiro atoms. The van der Waals surface area contributed by atoms with Gasteiger partial charge in [-0.05, 0) is 81.9 Å². The monoisotopic (exact) mass is 671 g/mol. The summed E-state index contributed by atoms with van der Waals surface area (Å²) in [5.41, 5.74) is 12.0. The third kappa shape index (κ3) is 4.91. The molecule has 10 rings (SSSR count). The van der Waals surface area contributed by atoms with Gasteiger partial charge < -0.3 is 9.47 Å². The first kappa shape index (κ1) is 29.7. The van der Waals surface area contributed by atoms with Crippen molar-refractivity contribution in [3.63, 3.8) is 0 Å². The van der Waals surface area contributed by atoms with E-state index in [0.717, 1.165) is 11.0 Å². The highest BCUT2D eigenvalue weighted by molar-refractivity contribution is 7.17. The van der Waals surface area contributed by atoms with E-state index >= 15 is 0 Å². The first-order valence-corrected chi connectivity index (χ1v) is 18.2. The van der Waals surface area contributed by atoms with Crippen LogP contribution in [0.2, 0.25) is 0 Å². The highest BCUT2D eigenvalue weighted by Crippen LogP contribution is 2.38. The number of para-hydroxylation sites is 1. The van der Waals surface area contributed by atoms with Crippen LogP contribution >= 0.6 is 11.3 Å². The van der Waals surface area contributed by atoms with Crippen LogP contribution in [0.3, 0.4) is 0 Å². The fourth-order valence-corrected chi connectivity index (χ4v) is 9.05. The summed E-state index contributed by atoms with van der Waals surface area (Å²) < 4.78 is 4.88. The van der Waals surface area contributed by atoms with E-state index in [-0.39, 0.29) is 6.17 Å². The Bertz CT molecular complexity index is 2870. The lowest BCUT2D eigenvalue weighted by atomic mass is 9.98. The maximum Gasteiger partial charge on any atom is 0.147 e. The minimum Gasteiger partial charge on any atom is -0.347 e. The van der Waals surface area contributed by atoms with Crippen LogP contribution < -0.4 is 9.89 Å². The second-order valence-electron chi connectivity index (χ2n) is 13.2. The fraction of sp³-hybridized carbons (Fsp3) is 0.0426. The van der Waals surface area contributed by atoms with Gasteiger partial charge in [-0.15, -0.1) is 11.3 Å². The zero-order valence-electron chi connectivity index (χ0n) is 28.1. The summed E-state index contributed by atoms with van der Waals surface area (Å²) in [5, 5.41) is 4.79. The van der Waals surface area contributed by atoms with Crippen LogP contribution in [0.4, 0.5) is 0 Å². The van der Waals surface area contributed by atoms with Gasteiger partial charge in [0.05, 0.1) is 26.6 Å². The molecule has 3 heterocycles. The molecule has 2 aromatic heterocycles. The third-order valence-corrected chi connectivity index (χ3v) is 11.4. The number of rotatable bonds is 5. The minimum absolute atomic E-state index is 0.164. The van der Waals surface area contributed by atoms with Crippen molar-refractivity contribution in [3.05, 3.63) is 197 Å². The molecule has 0 fully saturated rings. The van der Waals surface area contributed by atoms with Crippen molar-refractivity contribution in [1.82, 2.24) is 9.47 Å². The number of nitrogens with zero attached hydrogens (tertiary/aromatic N) is 3. The lowest BCUT2D eigenvalue weighted by Crippen LogP contribution is -2.38. The van der Waals surface area contributed by atoms with Gasteiger partial charge in [-0.3, -0.25) is 4.99 Å². The van der Waals surface area contributed by atoms with Gasteiger partial charge in [0, 0.05) is 33.6 Å². The molecule has 0 amide bonds. The summed E-state index contributed by atoms with van der Waals surface area (Å²) in [4.78, 5) is 7.83. The Morgan fingerprint density at radius 3 is 1.76 bits per heavy atom. The second kappa shape index (κ2) is 12.0. The van der Waals surface area contributed by atoms with Crippen molar-refractivity contribution in [2.24, 2.45) is 4.99 Å². The van der Waals surface area contributed by atoms with Crippen LogP contribution in [0.15, 0.2) is 181 Å². The molecule has 7 aromatic carbocycles. The van der Waals surface area contributed by atoms with Crippen molar-refractivity contribution in [1.29, 1.82) is 0 Å². The molecule has 0 radical (unpaired) electrons. The average Bonchev–Trinajstić information content (AvgIpc) is 3.73. The zero-order chi connectivity index (χ0) is 33.9. The van der Waals surface area contributed by atoms with Crippen molar-refractivity contribution in [2.75, 3.05) is 7.05 Å². The maximum absolute atomic E-state index is 5.47. The molecule has 242 valence electrons. The zero-order valence-corrected chi connectivity index (χ0v) is 28.9. The Morgan fingerprint density at radius 1 is 0.490 bits per heavy atom. The molecule has 0 aliphatic carbocycles. The molecule has 4 heteroatoms. The molecule has 0 bridgehead atoms. The summed E-state index contributed by atoms with van der Waals surface area (Å²) in [7, 11) is 2.19. The van der Waals surface area contributed by atoms with Crippen LogP contribution in [0.25, 0.3) is 65.5 Å². The molecule has 9 aromatic rings. The molecule has 3 nitrogen and oxygen atoms in total. The Hall–Kier alpha value is -6.23. The van der Waals surface area contributed by atoms with E-state index < -0.39 is 0 Å². The lowest BCUT2D eigenvalue weighted by Gasteiger charge is -2.32. The fourth-order valence-electron chi connectivity index (χ4n) is 7.79. The summed E-state index contributed by atoms with van der Waals surface area (Å²) >= 11 is 1.83. The quantitative estimate of drug-likeness (QED) is 0.178. The first-order valence-electron chi connectivity index (χ1n) is 17.4. The third-order valence-electron chi connectivity index (χ3n) is 10.2. The second-order valence-corrected chi connectivity index (χ2v) is 14.3. The first-order chi connectivity index (χ1) is 25.2. The summed E-state index contributed by atoms with van der Waals surface area (Å²) in [6, 6.07) is 63.5. The molecule has 0 N–H and O–H groups in total. The van der Waals surface area contributed by atoms with Crippen molar-refractivity contribution in [2.45, 2.75) is 6.17 Å². The van der Waals surface area contributed by atoms with Crippen molar-refractivity contribution >= 4 is 48.9 Å². The molecular formula is C47H33N3S. The number of benzene rings is 7. The van der Waals surface area contributed by atoms with Gasteiger partial charge in [0.1, 0.15) is 6.17 Å². The van der Waals surface area contributed by atoms with Crippen LogP contribution in [0.1, 0.15) is 17.3 Å². The van der Waals surface area contributed by atoms with Gasteiger partial charge in [-0.2, -0.15) is 0 Å². The highest BCUT2D eigenvalue weighted by atomic mass is 32.1. The molecule has 1 unspecified atom stereocenters. The van der Waals surface area contributed by atoms with E-state index in [1.54, 1.807) is 0 Å². The van der Waals surface area contributed by atoms with Crippen molar-refractivity contribution in [3.8, 4) is 27.9 Å². The lowest BCUT2D eigenvalue weighted by molar-refractivity contribution is 0.353. The predicted molar refractivity (Wildman–Crippen MR) is 214 cm³/mol. The number of hydrogen-bond donors (Lipinski definition) is 0. The summed E-state index contributed by atoms with van der Waals surface area (Å²) in [5.74, 6) is 0. The number of hydrogen-bond acceptors (Lipinski definition) is 3.